The number of benzene rings is 7. The van der Waals surface area contributed by atoms with Gasteiger partial charge in [-0.25, -0.2) is 4.98 Å². The molecule has 266 valence electrons. The Morgan fingerprint density at radius 2 is 1.09 bits per heavy atom. The molecule has 0 saturated heterocycles. The summed E-state index contributed by atoms with van der Waals surface area (Å²) in [5, 5.41) is 0. The van der Waals surface area contributed by atoms with Crippen molar-refractivity contribution in [3.8, 4) is 28.2 Å². The highest BCUT2D eigenvalue weighted by Gasteiger charge is 2.35. The zero-order valence-corrected chi connectivity index (χ0v) is 31.7. The summed E-state index contributed by atoms with van der Waals surface area (Å²) in [6.07, 6.45) is 4.41. The fourth-order valence-electron chi connectivity index (χ4n) is 8.11. The van der Waals surface area contributed by atoms with Gasteiger partial charge in [0.25, 0.3) is 0 Å². The van der Waals surface area contributed by atoms with E-state index in [-0.39, 0.29) is 5.41 Å². The molecule has 1 heterocycles. The zero-order chi connectivity index (χ0) is 37.5. The lowest BCUT2D eigenvalue weighted by atomic mass is 9.82. The first-order valence-corrected chi connectivity index (χ1v) is 19.1. The van der Waals surface area contributed by atoms with Crippen molar-refractivity contribution in [2.24, 2.45) is 0 Å². The first-order chi connectivity index (χ1) is 26.9. The second kappa shape index (κ2) is 13.9. The summed E-state index contributed by atoms with van der Waals surface area (Å²) in [5.41, 5.74) is 17.7. The SMILES string of the molecule is C/C(=C\C=C(/C)c1ccc(-n2c(-c3ccc(N(c4ccccc4)c4ccc5c(c4)C(C)(C)c4ccccc4-5)cc3)nc3ccccc32)cc1)c1ccccc1. The number of rotatable bonds is 8. The Bertz CT molecular complexity index is 2710. The van der Waals surface area contributed by atoms with Gasteiger partial charge in [-0.05, 0) is 131 Å². The monoisotopic (exact) mass is 709 g/mol. The average Bonchev–Trinajstić information content (AvgIpc) is 3.73. The maximum atomic E-state index is 5.19. The number of allylic oxidation sites excluding steroid dienone is 4. The van der Waals surface area contributed by atoms with Crippen LogP contribution in [0.15, 0.2) is 188 Å². The fraction of sp³-hybridized carbons (Fsp3) is 0.0962. The van der Waals surface area contributed by atoms with Crippen LogP contribution < -0.4 is 4.90 Å². The van der Waals surface area contributed by atoms with Crippen LogP contribution in [0.3, 0.4) is 0 Å². The predicted molar refractivity (Wildman–Crippen MR) is 232 cm³/mol. The van der Waals surface area contributed by atoms with Gasteiger partial charge in [0.15, 0.2) is 0 Å². The molecule has 0 spiro atoms. The summed E-state index contributed by atoms with van der Waals surface area (Å²) < 4.78 is 2.28. The lowest BCUT2D eigenvalue weighted by molar-refractivity contribution is 0.660. The molecule has 0 fully saturated rings. The summed E-state index contributed by atoms with van der Waals surface area (Å²) >= 11 is 0. The van der Waals surface area contributed by atoms with Crippen LogP contribution in [0.25, 0.3) is 50.4 Å². The van der Waals surface area contributed by atoms with Crippen LogP contribution in [0.5, 0.6) is 0 Å². The van der Waals surface area contributed by atoms with E-state index in [0.29, 0.717) is 0 Å². The van der Waals surface area contributed by atoms with E-state index in [1.54, 1.807) is 0 Å². The van der Waals surface area contributed by atoms with Crippen LogP contribution in [0.1, 0.15) is 49.9 Å². The first kappa shape index (κ1) is 34.1. The highest BCUT2D eigenvalue weighted by molar-refractivity contribution is 5.87. The van der Waals surface area contributed by atoms with E-state index in [4.69, 9.17) is 4.98 Å². The summed E-state index contributed by atoms with van der Waals surface area (Å²) in [5.74, 6) is 0.914. The van der Waals surface area contributed by atoms with E-state index in [0.717, 1.165) is 45.2 Å². The third-order valence-corrected chi connectivity index (χ3v) is 11.2. The number of hydrogen-bond acceptors (Lipinski definition) is 2. The van der Waals surface area contributed by atoms with Crippen molar-refractivity contribution in [3.63, 3.8) is 0 Å². The van der Waals surface area contributed by atoms with Crippen LogP contribution >= 0.6 is 0 Å². The lowest BCUT2D eigenvalue weighted by Gasteiger charge is -2.28. The van der Waals surface area contributed by atoms with E-state index >= 15 is 0 Å². The topological polar surface area (TPSA) is 21.1 Å². The van der Waals surface area contributed by atoms with E-state index in [9.17, 15) is 0 Å². The highest BCUT2D eigenvalue weighted by atomic mass is 15.1. The molecular formula is C52H43N3. The molecule has 0 unspecified atom stereocenters. The van der Waals surface area contributed by atoms with Gasteiger partial charge in [-0.3, -0.25) is 4.57 Å². The number of anilines is 3. The van der Waals surface area contributed by atoms with E-state index < -0.39 is 0 Å². The number of imidazole rings is 1. The van der Waals surface area contributed by atoms with Gasteiger partial charge in [-0.2, -0.15) is 0 Å². The third-order valence-electron chi connectivity index (χ3n) is 11.2. The number of aromatic nitrogens is 2. The van der Waals surface area contributed by atoms with Gasteiger partial charge in [0.05, 0.1) is 11.0 Å². The van der Waals surface area contributed by atoms with E-state index in [1.165, 1.54) is 44.5 Å². The zero-order valence-electron chi connectivity index (χ0n) is 31.7. The van der Waals surface area contributed by atoms with Crippen LogP contribution in [-0.4, -0.2) is 9.55 Å². The van der Waals surface area contributed by atoms with E-state index in [2.05, 4.69) is 225 Å². The fourth-order valence-corrected chi connectivity index (χ4v) is 8.11. The van der Waals surface area contributed by atoms with Gasteiger partial charge in [-0.1, -0.05) is 129 Å². The molecule has 1 aliphatic rings. The van der Waals surface area contributed by atoms with Crippen molar-refractivity contribution in [3.05, 3.63) is 210 Å². The summed E-state index contributed by atoms with van der Waals surface area (Å²) in [4.78, 5) is 7.55. The van der Waals surface area contributed by atoms with Gasteiger partial charge >= 0.3 is 0 Å². The van der Waals surface area contributed by atoms with Gasteiger partial charge in [0.1, 0.15) is 5.82 Å². The summed E-state index contributed by atoms with van der Waals surface area (Å²) in [7, 11) is 0. The minimum atomic E-state index is -0.0844. The molecule has 0 bridgehead atoms. The molecule has 0 atom stereocenters. The molecule has 55 heavy (non-hydrogen) atoms. The Morgan fingerprint density at radius 1 is 0.527 bits per heavy atom. The maximum Gasteiger partial charge on any atom is 0.145 e. The quantitative estimate of drug-likeness (QED) is 0.146. The molecule has 0 aliphatic heterocycles. The van der Waals surface area contributed by atoms with Crippen molar-refractivity contribution in [1.29, 1.82) is 0 Å². The second-order valence-corrected chi connectivity index (χ2v) is 15.0. The molecule has 0 saturated carbocycles. The average molecular weight is 710 g/mol. The number of fused-ring (bicyclic) bond motifs is 4. The normalized spacial score (nSPS) is 13.5. The first-order valence-electron chi connectivity index (χ1n) is 19.1. The van der Waals surface area contributed by atoms with Crippen molar-refractivity contribution in [2.75, 3.05) is 4.90 Å². The standard InChI is InChI=1S/C52H43N3/c1-36(38-15-7-5-8-16-38)23-24-37(2)39-25-29-43(30-26-39)55-50-22-14-13-21-49(50)53-51(55)40-27-31-42(32-28-40)54(41-17-9-6-10-18-41)44-33-34-46-45-19-11-12-20-47(45)52(3,4)48(46)35-44/h5-35H,1-4H3/b36-23+,37-24+. The van der Waals surface area contributed by atoms with Crippen molar-refractivity contribution in [1.82, 2.24) is 9.55 Å². The minimum Gasteiger partial charge on any atom is -0.310 e. The van der Waals surface area contributed by atoms with Crippen LogP contribution in [0.2, 0.25) is 0 Å². The molecule has 3 nitrogen and oxygen atoms in total. The Morgan fingerprint density at radius 3 is 1.82 bits per heavy atom. The Kier molecular flexibility index (Phi) is 8.63. The van der Waals surface area contributed by atoms with Crippen molar-refractivity contribution >= 4 is 39.2 Å². The van der Waals surface area contributed by atoms with Crippen LogP contribution in [-0.2, 0) is 5.41 Å². The summed E-state index contributed by atoms with van der Waals surface area (Å²) in [6.45, 7) is 9.01. The third kappa shape index (κ3) is 6.18. The van der Waals surface area contributed by atoms with Gasteiger partial charge in [-0.15, -0.1) is 0 Å². The highest BCUT2D eigenvalue weighted by Crippen LogP contribution is 2.50. The smallest absolute Gasteiger partial charge is 0.145 e. The molecule has 0 radical (unpaired) electrons. The minimum absolute atomic E-state index is 0.0844. The molecule has 3 heteroatoms. The number of para-hydroxylation sites is 3. The predicted octanol–water partition coefficient (Wildman–Crippen LogP) is 14.0. The van der Waals surface area contributed by atoms with E-state index in [1.807, 2.05) is 0 Å². The maximum absolute atomic E-state index is 5.19. The number of hydrogen-bond donors (Lipinski definition) is 0. The Labute approximate surface area is 324 Å². The molecule has 1 aliphatic carbocycles. The molecule has 8 aromatic rings. The molecule has 7 aromatic carbocycles. The van der Waals surface area contributed by atoms with Crippen LogP contribution in [0.4, 0.5) is 17.1 Å². The van der Waals surface area contributed by atoms with Crippen LogP contribution in [0, 0.1) is 0 Å². The Balaban J connectivity index is 1.07. The molecule has 0 N–H and O–H groups in total. The van der Waals surface area contributed by atoms with Crippen molar-refractivity contribution < 1.29 is 0 Å². The van der Waals surface area contributed by atoms with Gasteiger partial charge in [0, 0.05) is 33.7 Å². The van der Waals surface area contributed by atoms with Gasteiger partial charge < -0.3 is 4.90 Å². The largest absolute Gasteiger partial charge is 0.310 e. The van der Waals surface area contributed by atoms with Gasteiger partial charge in [0.2, 0.25) is 0 Å². The molecule has 1 aromatic heterocycles. The number of nitrogens with zero attached hydrogens (tertiary/aromatic N) is 3. The Hall–Kier alpha value is -6.71. The van der Waals surface area contributed by atoms with Crippen molar-refractivity contribution in [2.45, 2.75) is 33.1 Å². The molecule has 9 rings (SSSR count). The molecule has 0 amide bonds. The summed E-state index contributed by atoms with van der Waals surface area (Å²) in [6, 6.07) is 63.0. The lowest BCUT2D eigenvalue weighted by Crippen LogP contribution is -2.16. The molecular weight excluding hydrogens is 667 g/mol. The second-order valence-electron chi connectivity index (χ2n) is 15.0.